The molecule has 0 saturated heterocycles. The van der Waals surface area contributed by atoms with E-state index in [9.17, 15) is 8.78 Å². The van der Waals surface area contributed by atoms with E-state index in [2.05, 4.69) is 0 Å². The van der Waals surface area contributed by atoms with Crippen LogP contribution in [0.3, 0.4) is 0 Å². The normalized spacial score (nSPS) is 12.0. The Morgan fingerprint density at radius 2 is 2.07 bits per heavy atom. The second-order valence-corrected chi connectivity index (χ2v) is 3.09. The van der Waals surface area contributed by atoms with Gasteiger partial charge in [0.15, 0.2) is 0 Å². The van der Waals surface area contributed by atoms with Gasteiger partial charge in [0.05, 0.1) is 6.67 Å². The van der Waals surface area contributed by atoms with Gasteiger partial charge in [-0.1, -0.05) is 12.1 Å². The monoisotopic (exact) mass is 221 g/mol. The second-order valence-electron chi connectivity index (χ2n) is 3.09. The van der Waals surface area contributed by atoms with Gasteiger partial charge in [-0.3, -0.25) is 4.39 Å². The van der Waals surface area contributed by atoms with Crippen molar-refractivity contribution in [2.45, 2.75) is 19.4 Å². The molecule has 1 rings (SSSR count). The standard InChI is InChI=1S/C10H13F2N.ClH/c1-7-2-3-8(6-9(7)12)10(13)4-5-11;/h2-3,6,10H,4-5,13H2,1H3;1H/t10-;/m0./s1. The Bertz CT molecular complexity index is 291. The first kappa shape index (κ1) is 13.3. The molecule has 0 bridgehead atoms. The van der Waals surface area contributed by atoms with Crippen molar-refractivity contribution in [1.82, 2.24) is 0 Å². The Labute approximate surface area is 88.7 Å². The van der Waals surface area contributed by atoms with E-state index in [1.54, 1.807) is 19.1 Å². The number of hydrogen-bond donors (Lipinski definition) is 1. The predicted octanol–water partition coefficient (Wildman–Crippen LogP) is 2.92. The number of nitrogens with two attached hydrogens (primary N) is 1. The van der Waals surface area contributed by atoms with Gasteiger partial charge in [0.25, 0.3) is 0 Å². The Kier molecular flexibility index (Phi) is 5.65. The Morgan fingerprint density at radius 1 is 1.43 bits per heavy atom. The fourth-order valence-corrected chi connectivity index (χ4v) is 1.12. The average Bonchev–Trinajstić information content (AvgIpc) is 2.10. The minimum absolute atomic E-state index is 0. The molecular weight excluding hydrogens is 208 g/mol. The molecule has 0 radical (unpaired) electrons. The number of aryl methyl sites for hydroxylation is 1. The minimum atomic E-state index is -0.476. The molecule has 0 fully saturated rings. The topological polar surface area (TPSA) is 26.0 Å². The molecule has 1 aromatic rings. The van der Waals surface area contributed by atoms with Gasteiger partial charge in [-0.25, -0.2) is 4.39 Å². The van der Waals surface area contributed by atoms with Crippen LogP contribution in [0, 0.1) is 12.7 Å². The maximum atomic E-state index is 13.0. The highest BCUT2D eigenvalue weighted by Gasteiger charge is 2.07. The van der Waals surface area contributed by atoms with E-state index in [0.29, 0.717) is 11.1 Å². The largest absolute Gasteiger partial charge is 0.324 e. The zero-order valence-electron chi connectivity index (χ0n) is 7.97. The van der Waals surface area contributed by atoms with E-state index in [1.165, 1.54) is 6.07 Å². The van der Waals surface area contributed by atoms with Crippen molar-refractivity contribution >= 4 is 12.4 Å². The predicted molar refractivity (Wildman–Crippen MR) is 55.9 cm³/mol. The molecule has 0 aliphatic heterocycles. The summed E-state index contributed by atoms with van der Waals surface area (Å²) in [6.07, 6.45) is 0.239. The second kappa shape index (κ2) is 5.94. The smallest absolute Gasteiger partial charge is 0.126 e. The Balaban J connectivity index is 0.00000169. The molecule has 0 amide bonds. The molecule has 0 aromatic heterocycles. The van der Waals surface area contributed by atoms with Crippen LogP contribution < -0.4 is 5.73 Å². The van der Waals surface area contributed by atoms with E-state index >= 15 is 0 Å². The van der Waals surface area contributed by atoms with Gasteiger partial charge in [-0.15, -0.1) is 12.4 Å². The van der Waals surface area contributed by atoms with Crippen LogP contribution in [-0.4, -0.2) is 6.67 Å². The third-order valence-electron chi connectivity index (χ3n) is 2.04. The molecule has 0 spiro atoms. The molecule has 2 N–H and O–H groups in total. The molecule has 0 aliphatic rings. The third kappa shape index (κ3) is 3.24. The number of rotatable bonds is 3. The fraction of sp³-hybridized carbons (Fsp3) is 0.400. The lowest BCUT2D eigenvalue weighted by Gasteiger charge is -2.10. The Morgan fingerprint density at radius 3 is 2.57 bits per heavy atom. The quantitative estimate of drug-likeness (QED) is 0.835. The lowest BCUT2D eigenvalue weighted by molar-refractivity contribution is 0.441. The maximum Gasteiger partial charge on any atom is 0.126 e. The molecule has 14 heavy (non-hydrogen) atoms. The van der Waals surface area contributed by atoms with Crippen LogP contribution in [0.25, 0.3) is 0 Å². The molecule has 0 heterocycles. The summed E-state index contributed by atoms with van der Waals surface area (Å²) < 4.78 is 25.0. The van der Waals surface area contributed by atoms with Crippen molar-refractivity contribution < 1.29 is 8.78 Å². The van der Waals surface area contributed by atoms with Gasteiger partial charge >= 0.3 is 0 Å². The number of benzene rings is 1. The molecule has 4 heteroatoms. The SMILES string of the molecule is Cc1ccc([C@@H](N)CCF)cc1F.Cl. The summed E-state index contributed by atoms with van der Waals surface area (Å²) in [7, 11) is 0. The molecule has 0 saturated carbocycles. The van der Waals surface area contributed by atoms with Crippen molar-refractivity contribution in [3.63, 3.8) is 0 Å². The van der Waals surface area contributed by atoms with Gasteiger partial charge in [0.2, 0.25) is 0 Å². The first-order chi connectivity index (χ1) is 6.15. The van der Waals surface area contributed by atoms with Crippen molar-refractivity contribution in [2.24, 2.45) is 5.73 Å². The Hall–Kier alpha value is -0.670. The van der Waals surface area contributed by atoms with E-state index in [4.69, 9.17) is 5.73 Å². The first-order valence-electron chi connectivity index (χ1n) is 4.22. The summed E-state index contributed by atoms with van der Waals surface area (Å²) in [5.41, 5.74) is 6.85. The lowest BCUT2D eigenvalue weighted by atomic mass is 10.0. The highest BCUT2D eigenvalue weighted by atomic mass is 35.5. The summed E-state index contributed by atoms with van der Waals surface area (Å²) in [6.45, 7) is 1.20. The van der Waals surface area contributed by atoms with Gasteiger partial charge < -0.3 is 5.73 Å². The summed E-state index contributed by atoms with van der Waals surface area (Å²) >= 11 is 0. The van der Waals surface area contributed by atoms with Gasteiger partial charge in [0.1, 0.15) is 5.82 Å². The molecule has 0 aliphatic carbocycles. The summed E-state index contributed by atoms with van der Waals surface area (Å²) in [4.78, 5) is 0. The van der Waals surface area contributed by atoms with Crippen LogP contribution in [0.2, 0.25) is 0 Å². The van der Waals surface area contributed by atoms with Crippen LogP contribution in [0.4, 0.5) is 8.78 Å². The zero-order valence-corrected chi connectivity index (χ0v) is 8.78. The maximum absolute atomic E-state index is 13.0. The lowest BCUT2D eigenvalue weighted by Crippen LogP contribution is -2.11. The highest BCUT2D eigenvalue weighted by molar-refractivity contribution is 5.85. The molecule has 80 valence electrons. The van der Waals surface area contributed by atoms with Crippen LogP contribution in [0.15, 0.2) is 18.2 Å². The van der Waals surface area contributed by atoms with E-state index in [-0.39, 0.29) is 24.6 Å². The van der Waals surface area contributed by atoms with Crippen LogP contribution in [-0.2, 0) is 0 Å². The van der Waals surface area contributed by atoms with Crippen molar-refractivity contribution in [3.05, 3.63) is 35.1 Å². The number of halogens is 3. The van der Waals surface area contributed by atoms with E-state index in [1.807, 2.05) is 0 Å². The van der Waals surface area contributed by atoms with E-state index < -0.39 is 12.7 Å². The number of hydrogen-bond acceptors (Lipinski definition) is 1. The van der Waals surface area contributed by atoms with Crippen LogP contribution in [0.5, 0.6) is 0 Å². The average molecular weight is 222 g/mol. The summed E-state index contributed by atoms with van der Waals surface area (Å²) in [6, 6.07) is 4.36. The molecular formula is C10H14ClF2N. The fourth-order valence-electron chi connectivity index (χ4n) is 1.12. The minimum Gasteiger partial charge on any atom is -0.324 e. The van der Waals surface area contributed by atoms with Gasteiger partial charge in [0, 0.05) is 6.04 Å². The van der Waals surface area contributed by atoms with E-state index in [0.717, 1.165) is 0 Å². The molecule has 0 unspecified atom stereocenters. The van der Waals surface area contributed by atoms with Gasteiger partial charge in [-0.2, -0.15) is 0 Å². The highest BCUT2D eigenvalue weighted by Crippen LogP contribution is 2.17. The third-order valence-corrected chi connectivity index (χ3v) is 2.04. The van der Waals surface area contributed by atoms with Crippen molar-refractivity contribution in [2.75, 3.05) is 6.67 Å². The number of alkyl halides is 1. The first-order valence-corrected chi connectivity index (χ1v) is 4.22. The molecule has 1 aromatic carbocycles. The van der Waals surface area contributed by atoms with Crippen molar-refractivity contribution in [3.8, 4) is 0 Å². The van der Waals surface area contributed by atoms with Crippen LogP contribution >= 0.6 is 12.4 Å². The summed E-state index contributed by atoms with van der Waals surface area (Å²) in [5.74, 6) is -0.285. The van der Waals surface area contributed by atoms with Crippen molar-refractivity contribution in [1.29, 1.82) is 0 Å². The van der Waals surface area contributed by atoms with Crippen LogP contribution in [0.1, 0.15) is 23.6 Å². The zero-order chi connectivity index (χ0) is 9.84. The molecule has 1 nitrogen and oxygen atoms in total. The molecule has 1 atom stereocenters. The summed E-state index contributed by atoms with van der Waals surface area (Å²) in [5, 5.41) is 0. The van der Waals surface area contributed by atoms with Gasteiger partial charge in [-0.05, 0) is 30.5 Å².